The van der Waals surface area contributed by atoms with Gasteiger partial charge in [-0.05, 0) is 76.5 Å². The zero-order chi connectivity index (χ0) is 21.3. The van der Waals surface area contributed by atoms with Gasteiger partial charge in [-0.1, -0.05) is 32.0 Å². The molecule has 5 nitrogen and oxygen atoms in total. The molecule has 0 unspecified atom stereocenters. The number of halogens is 1. The summed E-state index contributed by atoms with van der Waals surface area (Å²) in [5.41, 5.74) is 4.68. The van der Waals surface area contributed by atoms with Gasteiger partial charge >= 0.3 is 0 Å². The molecule has 0 saturated heterocycles. The Bertz CT molecular complexity index is 1230. The third kappa shape index (κ3) is 4.05. The van der Waals surface area contributed by atoms with Gasteiger partial charge in [-0.25, -0.2) is 4.98 Å². The van der Waals surface area contributed by atoms with E-state index in [0.29, 0.717) is 28.8 Å². The van der Waals surface area contributed by atoms with Crippen molar-refractivity contribution in [2.75, 3.05) is 12.4 Å². The molecule has 0 aliphatic rings. The number of carbonyl (C=O) groups excluding carboxylic acids is 1. The normalized spacial score (nSPS) is 11.1. The number of anilines is 1. The monoisotopic (exact) mass is 512 g/mol. The first-order valence-corrected chi connectivity index (χ1v) is 10.7. The van der Waals surface area contributed by atoms with Crippen LogP contribution >= 0.6 is 22.6 Å². The van der Waals surface area contributed by atoms with E-state index in [4.69, 9.17) is 9.15 Å². The second-order valence-corrected chi connectivity index (χ2v) is 8.41. The van der Waals surface area contributed by atoms with Crippen molar-refractivity contribution in [2.45, 2.75) is 19.8 Å². The Morgan fingerprint density at radius 2 is 1.90 bits per heavy atom. The fourth-order valence-electron chi connectivity index (χ4n) is 3.20. The van der Waals surface area contributed by atoms with Crippen molar-refractivity contribution < 1.29 is 13.9 Å². The Hall–Kier alpha value is -2.87. The van der Waals surface area contributed by atoms with Crippen LogP contribution in [-0.2, 0) is 0 Å². The molecule has 3 aromatic carbocycles. The Balaban J connectivity index is 1.70. The van der Waals surface area contributed by atoms with E-state index >= 15 is 0 Å². The van der Waals surface area contributed by atoms with Gasteiger partial charge in [0, 0.05) is 9.13 Å². The van der Waals surface area contributed by atoms with Gasteiger partial charge in [0.15, 0.2) is 5.58 Å². The highest BCUT2D eigenvalue weighted by Gasteiger charge is 2.16. The van der Waals surface area contributed by atoms with Gasteiger partial charge in [0.05, 0.1) is 18.4 Å². The number of amides is 1. The molecule has 6 heteroatoms. The summed E-state index contributed by atoms with van der Waals surface area (Å²) in [6.45, 7) is 4.29. The van der Waals surface area contributed by atoms with E-state index in [9.17, 15) is 4.79 Å². The number of methoxy groups -OCH3 is 1. The fraction of sp³-hybridized carbons (Fsp3) is 0.167. The lowest BCUT2D eigenvalue weighted by molar-refractivity contribution is 0.102. The molecule has 0 spiro atoms. The van der Waals surface area contributed by atoms with Crippen LogP contribution in [0.15, 0.2) is 65.1 Å². The fourth-order valence-corrected chi connectivity index (χ4v) is 3.83. The average molecular weight is 512 g/mol. The summed E-state index contributed by atoms with van der Waals surface area (Å²) in [6, 6.07) is 19.0. The lowest BCUT2D eigenvalue weighted by atomic mass is 10.0. The molecule has 1 amide bonds. The molecule has 0 fully saturated rings. The number of fused-ring (bicyclic) bond motifs is 1. The first-order valence-electron chi connectivity index (χ1n) is 9.61. The van der Waals surface area contributed by atoms with Gasteiger partial charge in [-0.15, -0.1) is 0 Å². The summed E-state index contributed by atoms with van der Waals surface area (Å²) in [5.74, 6) is 1.28. The van der Waals surface area contributed by atoms with Crippen LogP contribution in [0.1, 0.15) is 35.7 Å². The zero-order valence-electron chi connectivity index (χ0n) is 16.9. The SMILES string of the molecule is COc1ccc(-c2nc3cc(C(C)C)ccc3o2)cc1NC(=O)c1ccccc1I. The molecule has 0 saturated carbocycles. The summed E-state index contributed by atoms with van der Waals surface area (Å²) in [5, 5.41) is 2.95. The van der Waals surface area contributed by atoms with Crippen molar-refractivity contribution in [1.82, 2.24) is 4.98 Å². The molecule has 30 heavy (non-hydrogen) atoms. The number of ether oxygens (including phenoxy) is 1. The van der Waals surface area contributed by atoms with Crippen molar-refractivity contribution in [3.8, 4) is 17.2 Å². The number of carbonyl (C=O) groups is 1. The van der Waals surface area contributed by atoms with Crippen LogP contribution in [-0.4, -0.2) is 18.0 Å². The van der Waals surface area contributed by atoms with Crippen molar-refractivity contribution in [3.63, 3.8) is 0 Å². The van der Waals surface area contributed by atoms with Gasteiger partial charge in [0.2, 0.25) is 5.89 Å². The maximum atomic E-state index is 12.8. The van der Waals surface area contributed by atoms with Gasteiger partial charge < -0.3 is 14.5 Å². The maximum absolute atomic E-state index is 12.8. The van der Waals surface area contributed by atoms with Crippen molar-refractivity contribution in [2.24, 2.45) is 0 Å². The van der Waals surface area contributed by atoms with Crippen LogP contribution in [0.25, 0.3) is 22.6 Å². The van der Waals surface area contributed by atoms with E-state index in [2.05, 4.69) is 58.9 Å². The molecule has 4 aromatic rings. The Kier molecular flexibility index (Phi) is 5.76. The molecule has 0 aliphatic heterocycles. The molecule has 152 valence electrons. The molecule has 4 rings (SSSR count). The Labute approximate surface area is 188 Å². The molecule has 0 bridgehead atoms. The predicted octanol–water partition coefficient (Wildman–Crippen LogP) is 6.48. The van der Waals surface area contributed by atoms with Crippen LogP contribution in [0.5, 0.6) is 5.75 Å². The first-order chi connectivity index (χ1) is 14.5. The van der Waals surface area contributed by atoms with Crippen LogP contribution < -0.4 is 10.1 Å². The molecule has 0 radical (unpaired) electrons. The maximum Gasteiger partial charge on any atom is 0.256 e. The number of aromatic nitrogens is 1. The topological polar surface area (TPSA) is 64.4 Å². The summed E-state index contributed by atoms with van der Waals surface area (Å²) in [4.78, 5) is 17.4. The van der Waals surface area contributed by atoms with E-state index in [1.165, 1.54) is 5.56 Å². The van der Waals surface area contributed by atoms with Crippen LogP contribution in [0.3, 0.4) is 0 Å². The lowest BCUT2D eigenvalue weighted by Gasteiger charge is -2.12. The van der Waals surface area contributed by atoms with Crippen molar-refractivity contribution in [1.29, 1.82) is 0 Å². The molecular formula is C24H21IN2O3. The summed E-state index contributed by atoms with van der Waals surface area (Å²) >= 11 is 2.15. The van der Waals surface area contributed by atoms with E-state index in [1.54, 1.807) is 19.2 Å². The third-order valence-corrected chi connectivity index (χ3v) is 5.83. The van der Waals surface area contributed by atoms with Crippen molar-refractivity contribution in [3.05, 3.63) is 75.4 Å². The standard InChI is InChI=1S/C24H21IN2O3/c1-14(2)15-8-11-22-20(12-15)27-24(30-22)16-9-10-21(29-3)19(13-16)26-23(28)17-6-4-5-7-18(17)25/h4-14H,1-3H3,(H,26,28). The van der Waals surface area contributed by atoms with Gasteiger partial charge in [-0.3, -0.25) is 4.79 Å². The molecule has 0 aliphatic carbocycles. The van der Waals surface area contributed by atoms with Crippen LogP contribution in [0.2, 0.25) is 0 Å². The number of nitrogens with zero attached hydrogens (tertiary/aromatic N) is 1. The third-order valence-electron chi connectivity index (χ3n) is 4.89. The number of nitrogens with one attached hydrogen (secondary N) is 1. The minimum Gasteiger partial charge on any atom is -0.495 e. The summed E-state index contributed by atoms with van der Waals surface area (Å²) in [7, 11) is 1.57. The van der Waals surface area contributed by atoms with E-state index in [-0.39, 0.29) is 5.91 Å². The Morgan fingerprint density at radius 3 is 2.63 bits per heavy atom. The molecular weight excluding hydrogens is 491 g/mol. The number of benzene rings is 3. The molecule has 0 atom stereocenters. The van der Waals surface area contributed by atoms with E-state index < -0.39 is 0 Å². The van der Waals surface area contributed by atoms with Gasteiger partial charge in [0.1, 0.15) is 11.3 Å². The minimum atomic E-state index is -0.199. The first kappa shape index (κ1) is 20.4. The van der Waals surface area contributed by atoms with Crippen LogP contribution in [0.4, 0.5) is 5.69 Å². The lowest BCUT2D eigenvalue weighted by Crippen LogP contribution is -2.14. The Morgan fingerprint density at radius 1 is 1.10 bits per heavy atom. The molecule has 1 aromatic heterocycles. The molecule has 1 heterocycles. The van der Waals surface area contributed by atoms with Crippen molar-refractivity contribution >= 4 is 45.3 Å². The highest BCUT2D eigenvalue weighted by molar-refractivity contribution is 14.1. The van der Waals surface area contributed by atoms with Gasteiger partial charge in [-0.2, -0.15) is 0 Å². The predicted molar refractivity (Wildman–Crippen MR) is 127 cm³/mol. The minimum absolute atomic E-state index is 0.199. The summed E-state index contributed by atoms with van der Waals surface area (Å²) in [6.07, 6.45) is 0. The highest BCUT2D eigenvalue weighted by Crippen LogP contribution is 2.33. The average Bonchev–Trinajstić information content (AvgIpc) is 3.17. The smallest absolute Gasteiger partial charge is 0.256 e. The highest BCUT2D eigenvalue weighted by atomic mass is 127. The number of rotatable bonds is 5. The van der Waals surface area contributed by atoms with E-state index in [1.807, 2.05) is 36.4 Å². The summed E-state index contributed by atoms with van der Waals surface area (Å²) < 4.78 is 12.3. The second-order valence-electron chi connectivity index (χ2n) is 7.25. The largest absolute Gasteiger partial charge is 0.495 e. The van der Waals surface area contributed by atoms with Gasteiger partial charge in [0.25, 0.3) is 5.91 Å². The second kappa shape index (κ2) is 8.47. The van der Waals surface area contributed by atoms with Crippen LogP contribution in [0, 0.1) is 3.57 Å². The quantitative estimate of drug-likeness (QED) is 0.311. The zero-order valence-corrected chi connectivity index (χ0v) is 19.1. The molecule has 1 N–H and O–H groups in total. The number of oxazole rings is 1. The number of hydrogen-bond acceptors (Lipinski definition) is 4. The van der Waals surface area contributed by atoms with E-state index in [0.717, 1.165) is 20.2 Å². The number of hydrogen-bond donors (Lipinski definition) is 1.